The molecular formula is C12H13N3O. The smallest absolute Gasteiger partial charge is 0.319 e. The molecule has 1 unspecified atom stereocenters. The molecule has 0 radical (unpaired) electrons. The fourth-order valence-electron chi connectivity index (χ4n) is 2.41. The number of nitrogens with zero attached hydrogens (tertiary/aromatic N) is 3. The first kappa shape index (κ1) is 9.39. The molecular weight excluding hydrogens is 202 g/mol. The van der Waals surface area contributed by atoms with Gasteiger partial charge in [0, 0.05) is 32.5 Å². The SMILES string of the molecule is CN1C(=O)N2CC=C(c3cccnc3)C1C2. The van der Waals surface area contributed by atoms with Gasteiger partial charge in [0.15, 0.2) is 0 Å². The Hall–Kier alpha value is -1.84. The van der Waals surface area contributed by atoms with Gasteiger partial charge in [0.25, 0.3) is 0 Å². The molecule has 1 aromatic rings. The van der Waals surface area contributed by atoms with Crippen molar-refractivity contribution in [2.75, 3.05) is 20.1 Å². The number of rotatable bonds is 1. The van der Waals surface area contributed by atoms with Gasteiger partial charge < -0.3 is 9.80 Å². The highest BCUT2D eigenvalue weighted by Crippen LogP contribution is 2.30. The highest BCUT2D eigenvalue weighted by molar-refractivity contribution is 5.85. The molecule has 2 aliphatic rings. The van der Waals surface area contributed by atoms with Gasteiger partial charge in [-0.2, -0.15) is 0 Å². The van der Waals surface area contributed by atoms with Crippen LogP contribution in [0.2, 0.25) is 0 Å². The van der Waals surface area contributed by atoms with Gasteiger partial charge >= 0.3 is 6.03 Å². The summed E-state index contributed by atoms with van der Waals surface area (Å²) in [6, 6.07) is 4.29. The lowest BCUT2D eigenvalue weighted by Crippen LogP contribution is -2.30. The van der Waals surface area contributed by atoms with E-state index < -0.39 is 0 Å². The topological polar surface area (TPSA) is 36.4 Å². The third-order valence-electron chi connectivity index (χ3n) is 3.32. The summed E-state index contributed by atoms with van der Waals surface area (Å²) in [6.45, 7) is 1.51. The highest BCUT2D eigenvalue weighted by Gasteiger charge is 2.39. The normalized spacial score (nSPS) is 23.7. The summed E-state index contributed by atoms with van der Waals surface area (Å²) in [5, 5.41) is 0. The maximum Gasteiger partial charge on any atom is 0.320 e. The molecule has 16 heavy (non-hydrogen) atoms. The van der Waals surface area contributed by atoms with Gasteiger partial charge in [-0.1, -0.05) is 12.1 Å². The Kier molecular flexibility index (Phi) is 1.96. The Morgan fingerprint density at radius 3 is 3.12 bits per heavy atom. The molecule has 1 aromatic heterocycles. The molecule has 3 rings (SSSR count). The fraction of sp³-hybridized carbons (Fsp3) is 0.333. The second kappa shape index (κ2) is 3.33. The van der Waals surface area contributed by atoms with E-state index in [0.29, 0.717) is 6.54 Å². The lowest BCUT2D eigenvalue weighted by atomic mass is 9.97. The summed E-state index contributed by atoms with van der Waals surface area (Å²) >= 11 is 0. The number of carbonyl (C=O) groups is 1. The number of likely N-dealkylation sites (N-methyl/N-ethyl adjacent to an activating group) is 1. The van der Waals surface area contributed by atoms with Crippen molar-refractivity contribution in [2.24, 2.45) is 0 Å². The summed E-state index contributed by atoms with van der Waals surface area (Å²) in [6.07, 6.45) is 5.76. The molecule has 2 amide bonds. The zero-order valence-corrected chi connectivity index (χ0v) is 9.13. The molecule has 0 aromatic carbocycles. The number of hydrogen-bond acceptors (Lipinski definition) is 2. The van der Waals surface area contributed by atoms with E-state index in [4.69, 9.17) is 0 Å². The largest absolute Gasteiger partial charge is 0.320 e. The minimum absolute atomic E-state index is 0.125. The van der Waals surface area contributed by atoms with Crippen molar-refractivity contribution < 1.29 is 4.79 Å². The van der Waals surface area contributed by atoms with Crippen molar-refractivity contribution in [2.45, 2.75) is 6.04 Å². The van der Waals surface area contributed by atoms with E-state index in [2.05, 4.69) is 11.1 Å². The minimum Gasteiger partial charge on any atom is -0.319 e. The molecule has 0 aliphatic carbocycles. The third kappa shape index (κ3) is 1.23. The molecule has 1 saturated heterocycles. The quantitative estimate of drug-likeness (QED) is 0.706. The van der Waals surface area contributed by atoms with Crippen LogP contribution in [-0.2, 0) is 0 Å². The summed E-state index contributed by atoms with van der Waals surface area (Å²) in [7, 11) is 1.86. The molecule has 3 heterocycles. The van der Waals surface area contributed by atoms with Gasteiger partial charge in [0.05, 0.1) is 6.04 Å². The number of urea groups is 1. The Labute approximate surface area is 94.2 Å². The summed E-state index contributed by atoms with van der Waals surface area (Å²) in [5.74, 6) is 0. The van der Waals surface area contributed by atoms with Gasteiger partial charge in [-0.3, -0.25) is 4.98 Å². The van der Waals surface area contributed by atoms with E-state index in [0.717, 1.165) is 12.1 Å². The van der Waals surface area contributed by atoms with E-state index in [9.17, 15) is 4.79 Å². The predicted molar refractivity (Wildman–Crippen MR) is 60.7 cm³/mol. The summed E-state index contributed by atoms with van der Waals surface area (Å²) in [4.78, 5) is 19.6. The van der Waals surface area contributed by atoms with E-state index in [1.165, 1.54) is 5.57 Å². The Morgan fingerprint density at radius 1 is 1.50 bits per heavy atom. The molecule has 4 nitrogen and oxygen atoms in total. The van der Waals surface area contributed by atoms with Crippen molar-refractivity contribution in [1.82, 2.24) is 14.8 Å². The number of amides is 2. The fourth-order valence-corrected chi connectivity index (χ4v) is 2.41. The van der Waals surface area contributed by atoms with Gasteiger partial charge in [0.1, 0.15) is 0 Å². The zero-order chi connectivity index (χ0) is 11.1. The molecule has 82 valence electrons. The predicted octanol–water partition coefficient (Wildman–Crippen LogP) is 1.21. The van der Waals surface area contributed by atoms with Crippen LogP contribution >= 0.6 is 0 Å². The first-order valence-corrected chi connectivity index (χ1v) is 5.39. The average molecular weight is 215 g/mol. The van der Waals surface area contributed by atoms with E-state index in [1.54, 1.807) is 6.20 Å². The van der Waals surface area contributed by atoms with Crippen LogP contribution in [0.5, 0.6) is 0 Å². The average Bonchev–Trinajstić information content (AvgIpc) is 2.56. The minimum atomic E-state index is 0.125. The Balaban J connectivity index is 1.99. The summed E-state index contributed by atoms with van der Waals surface area (Å²) < 4.78 is 0. The lowest BCUT2D eigenvalue weighted by Gasteiger charge is -2.23. The van der Waals surface area contributed by atoms with E-state index in [1.807, 2.05) is 35.2 Å². The van der Waals surface area contributed by atoms with Gasteiger partial charge in [-0.15, -0.1) is 0 Å². The van der Waals surface area contributed by atoms with Crippen molar-refractivity contribution in [3.8, 4) is 0 Å². The van der Waals surface area contributed by atoms with Gasteiger partial charge in [-0.05, 0) is 17.2 Å². The Morgan fingerprint density at radius 2 is 2.38 bits per heavy atom. The van der Waals surface area contributed by atoms with Gasteiger partial charge in [-0.25, -0.2) is 4.79 Å². The second-order valence-electron chi connectivity index (χ2n) is 4.22. The van der Waals surface area contributed by atoms with Crippen molar-refractivity contribution >= 4 is 11.6 Å². The molecule has 0 saturated carbocycles. The summed E-state index contributed by atoms with van der Waals surface area (Å²) in [5.41, 5.74) is 2.34. The number of hydrogen-bond donors (Lipinski definition) is 0. The molecule has 2 aliphatic heterocycles. The van der Waals surface area contributed by atoms with Crippen LogP contribution in [0.4, 0.5) is 4.79 Å². The molecule has 0 N–H and O–H groups in total. The Bertz CT molecular complexity index is 455. The molecule has 4 heteroatoms. The zero-order valence-electron chi connectivity index (χ0n) is 9.13. The van der Waals surface area contributed by atoms with E-state index in [-0.39, 0.29) is 12.1 Å². The molecule has 2 bridgehead atoms. The van der Waals surface area contributed by atoms with Crippen molar-refractivity contribution in [3.63, 3.8) is 0 Å². The van der Waals surface area contributed by atoms with Gasteiger partial charge in [0.2, 0.25) is 0 Å². The van der Waals surface area contributed by atoms with Crippen LogP contribution in [0.25, 0.3) is 5.57 Å². The third-order valence-corrected chi connectivity index (χ3v) is 3.32. The molecule has 1 atom stereocenters. The second-order valence-corrected chi connectivity index (χ2v) is 4.22. The number of pyridine rings is 1. The maximum atomic E-state index is 11.8. The van der Waals surface area contributed by atoms with E-state index >= 15 is 0 Å². The van der Waals surface area contributed by atoms with Crippen molar-refractivity contribution in [1.29, 1.82) is 0 Å². The lowest BCUT2D eigenvalue weighted by molar-refractivity contribution is 0.202. The molecule has 1 fully saturated rings. The number of aromatic nitrogens is 1. The van der Waals surface area contributed by atoms with Crippen molar-refractivity contribution in [3.05, 3.63) is 36.2 Å². The first-order valence-electron chi connectivity index (χ1n) is 5.39. The monoisotopic (exact) mass is 215 g/mol. The standard InChI is InChI=1S/C12H13N3O/c1-14-11-8-15(12(14)16)6-4-10(11)9-3-2-5-13-7-9/h2-5,7,11H,6,8H2,1H3. The maximum absolute atomic E-state index is 11.8. The number of fused-ring (bicyclic) bond motifs is 2. The van der Waals surface area contributed by atoms with Crippen LogP contribution in [0, 0.1) is 0 Å². The molecule has 0 spiro atoms. The van der Waals surface area contributed by atoms with Crippen LogP contribution < -0.4 is 0 Å². The first-order chi connectivity index (χ1) is 7.77. The van der Waals surface area contributed by atoms with Crippen LogP contribution in [0.3, 0.4) is 0 Å². The number of carbonyl (C=O) groups excluding carboxylic acids is 1. The van der Waals surface area contributed by atoms with Crippen LogP contribution in [0.1, 0.15) is 5.56 Å². The highest BCUT2D eigenvalue weighted by atomic mass is 16.2. The van der Waals surface area contributed by atoms with Crippen LogP contribution in [-0.4, -0.2) is 47.0 Å². The van der Waals surface area contributed by atoms with Crippen LogP contribution in [0.15, 0.2) is 30.6 Å².